The van der Waals surface area contributed by atoms with Crippen molar-refractivity contribution in [2.75, 3.05) is 55.9 Å². The Morgan fingerprint density at radius 2 is 1.57 bits per heavy atom. The van der Waals surface area contributed by atoms with Crippen LogP contribution >= 0.6 is 0 Å². The van der Waals surface area contributed by atoms with Crippen LogP contribution in [-0.4, -0.2) is 52.3 Å². The number of nitrogens with two attached hydrogens (primary N) is 1. The molecular weight excluding hydrogens is 358 g/mol. The lowest BCUT2D eigenvalue weighted by Crippen LogP contribution is -2.72. The second-order valence-electron chi connectivity index (χ2n) is 7.48. The van der Waals surface area contributed by atoms with Gasteiger partial charge in [-0.15, -0.1) is 0 Å². The Bertz CT molecular complexity index is 929. The van der Waals surface area contributed by atoms with Crippen molar-refractivity contribution in [3.05, 3.63) is 53.6 Å². The van der Waals surface area contributed by atoms with Crippen LogP contribution in [0.5, 0.6) is 0 Å². The highest BCUT2D eigenvalue weighted by Crippen LogP contribution is 2.45. The van der Waals surface area contributed by atoms with E-state index in [9.17, 15) is 9.59 Å². The topological polar surface area (TPSA) is 85.1 Å². The highest BCUT2D eigenvalue weighted by atomic mass is 16.5. The molecule has 2 aliphatic heterocycles. The van der Waals surface area contributed by atoms with Crippen LogP contribution in [0.4, 0.5) is 17.1 Å². The normalized spacial score (nSPS) is 16.9. The van der Waals surface area contributed by atoms with E-state index in [1.165, 1.54) is 14.2 Å². The first-order valence-corrected chi connectivity index (χ1v) is 9.11. The largest absolute Gasteiger partial charge is 0.465 e. The molecule has 4 rings (SSSR count). The molecule has 2 heterocycles. The predicted octanol–water partition coefficient (Wildman–Crippen LogP) is 2.17. The molecule has 0 atom stereocenters. The summed E-state index contributed by atoms with van der Waals surface area (Å²) in [5.41, 5.74) is 9.74. The minimum absolute atomic E-state index is 0.217. The molecular formula is C21H23N3O4. The number of hydrogen-bond donors (Lipinski definition) is 1. The zero-order valence-corrected chi connectivity index (χ0v) is 16.0. The van der Waals surface area contributed by atoms with Crippen LogP contribution in [0, 0.1) is 5.41 Å². The number of para-hydroxylation sites is 1. The summed E-state index contributed by atoms with van der Waals surface area (Å²) in [6.45, 7) is 3.61. The van der Waals surface area contributed by atoms with E-state index in [0.29, 0.717) is 16.8 Å². The summed E-state index contributed by atoms with van der Waals surface area (Å²) >= 11 is 0. The first-order chi connectivity index (χ1) is 13.5. The minimum atomic E-state index is -0.421. The van der Waals surface area contributed by atoms with Crippen molar-refractivity contribution < 1.29 is 19.1 Å². The van der Waals surface area contributed by atoms with Gasteiger partial charge in [0, 0.05) is 37.3 Å². The number of esters is 2. The molecule has 2 aromatic rings. The van der Waals surface area contributed by atoms with Crippen molar-refractivity contribution in [3.63, 3.8) is 0 Å². The third-order valence-corrected chi connectivity index (χ3v) is 5.57. The Morgan fingerprint density at radius 1 is 0.929 bits per heavy atom. The number of benzene rings is 2. The van der Waals surface area contributed by atoms with E-state index in [4.69, 9.17) is 15.2 Å². The standard InChI is InChI=1S/C21H23N3O4/c1-27-19(25)14-5-3-6-15(9-14)23-10-21(11-23)12-24(13-21)17-8-4-7-16(18(17)22)20(26)28-2/h3-9H,10-13,22H2,1-2H3. The average Bonchev–Trinajstić information content (AvgIpc) is 2.66. The van der Waals surface area contributed by atoms with Crippen LogP contribution < -0.4 is 15.5 Å². The molecule has 2 N–H and O–H groups in total. The lowest BCUT2D eigenvalue weighted by Gasteiger charge is -2.61. The molecule has 0 aromatic heterocycles. The summed E-state index contributed by atoms with van der Waals surface area (Å²) in [7, 11) is 2.74. The molecule has 0 unspecified atom stereocenters. The van der Waals surface area contributed by atoms with Gasteiger partial charge in [0.1, 0.15) is 0 Å². The van der Waals surface area contributed by atoms with E-state index in [1.54, 1.807) is 12.1 Å². The van der Waals surface area contributed by atoms with Crippen molar-refractivity contribution >= 4 is 29.0 Å². The molecule has 7 heteroatoms. The van der Waals surface area contributed by atoms with Crippen LogP contribution in [-0.2, 0) is 9.47 Å². The van der Waals surface area contributed by atoms with Crippen molar-refractivity contribution in [2.24, 2.45) is 5.41 Å². The lowest BCUT2D eigenvalue weighted by atomic mass is 9.72. The molecule has 2 saturated heterocycles. The Kier molecular flexibility index (Phi) is 4.37. The number of anilines is 3. The van der Waals surface area contributed by atoms with Gasteiger partial charge in [-0.2, -0.15) is 0 Å². The Labute approximate surface area is 163 Å². The van der Waals surface area contributed by atoms with E-state index >= 15 is 0 Å². The van der Waals surface area contributed by atoms with E-state index in [2.05, 4.69) is 9.80 Å². The van der Waals surface area contributed by atoms with Crippen LogP contribution in [0.15, 0.2) is 42.5 Å². The molecule has 0 saturated carbocycles. The van der Waals surface area contributed by atoms with Gasteiger partial charge >= 0.3 is 11.9 Å². The number of rotatable bonds is 4. The average molecular weight is 381 g/mol. The van der Waals surface area contributed by atoms with Crippen molar-refractivity contribution in [1.82, 2.24) is 0 Å². The summed E-state index contributed by atoms with van der Waals surface area (Å²) in [4.78, 5) is 28.0. The van der Waals surface area contributed by atoms with Crippen molar-refractivity contribution in [2.45, 2.75) is 0 Å². The first-order valence-electron chi connectivity index (χ1n) is 9.11. The maximum atomic E-state index is 11.8. The van der Waals surface area contributed by atoms with Gasteiger partial charge in [-0.3, -0.25) is 0 Å². The van der Waals surface area contributed by atoms with Crippen LogP contribution in [0.2, 0.25) is 0 Å². The second kappa shape index (κ2) is 6.74. The summed E-state index contributed by atoms with van der Waals surface area (Å²) < 4.78 is 9.59. The number of nitrogens with zero attached hydrogens (tertiary/aromatic N) is 2. The fraction of sp³-hybridized carbons (Fsp3) is 0.333. The minimum Gasteiger partial charge on any atom is -0.465 e. The van der Waals surface area contributed by atoms with Crippen molar-refractivity contribution in [1.29, 1.82) is 0 Å². The van der Waals surface area contributed by atoms with Crippen LogP contribution in [0.3, 0.4) is 0 Å². The second-order valence-corrected chi connectivity index (χ2v) is 7.48. The summed E-state index contributed by atoms with van der Waals surface area (Å²) in [5.74, 6) is -0.747. The Balaban J connectivity index is 1.41. The van der Waals surface area contributed by atoms with E-state index in [1.807, 2.05) is 30.3 Å². The van der Waals surface area contributed by atoms with Crippen LogP contribution in [0.25, 0.3) is 0 Å². The molecule has 28 heavy (non-hydrogen) atoms. The molecule has 0 amide bonds. The molecule has 2 aromatic carbocycles. The van der Waals surface area contributed by atoms with Gasteiger partial charge < -0.3 is 25.0 Å². The van der Waals surface area contributed by atoms with Crippen LogP contribution in [0.1, 0.15) is 20.7 Å². The Morgan fingerprint density at radius 3 is 2.25 bits per heavy atom. The fourth-order valence-corrected chi connectivity index (χ4v) is 4.14. The number of carbonyl (C=O) groups excluding carboxylic acids is 2. The van der Waals surface area contributed by atoms with Gasteiger partial charge in [0.15, 0.2) is 0 Å². The smallest absolute Gasteiger partial charge is 0.340 e. The third kappa shape index (κ3) is 2.93. The number of carbonyl (C=O) groups is 2. The van der Waals surface area contributed by atoms with Gasteiger partial charge in [0.2, 0.25) is 0 Å². The SMILES string of the molecule is COC(=O)c1cccc(N2CC3(C2)CN(c2cccc(C(=O)OC)c2N)C3)c1. The summed E-state index contributed by atoms with van der Waals surface area (Å²) in [6, 6.07) is 12.9. The first kappa shape index (κ1) is 18.2. The molecule has 0 bridgehead atoms. The number of hydrogen-bond acceptors (Lipinski definition) is 7. The summed E-state index contributed by atoms with van der Waals surface area (Å²) in [6.07, 6.45) is 0. The quantitative estimate of drug-likeness (QED) is 0.642. The van der Waals surface area contributed by atoms with Gasteiger partial charge in [0.05, 0.1) is 36.7 Å². The van der Waals surface area contributed by atoms with Gasteiger partial charge in [0.25, 0.3) is 0 Å². The molecule has 1 spiro atoms. The van der Waals surface area contributed by atoms with E-state index in [0.717, 1.165) is 37.6 Å². The Hall–Kier alpha value is -3.22. The number of methoxy groups -OCH3 is 2. The van der Waals surface area contributed by atoms with Gasteiger partial charge in [-0.25, -0.2) is 9.59 Å². The molecule has 7 nitrogen and oxygen atoms in total. The molecule has 2 fully saturated rings. The lowest BCUT2D eigenvalue weighted by molar-refractivity contribution is 0.0592. The summed E-state index contributed by atoms with van der Waals surface area (Å²) in [5, 5.41) is 0. The number of nitrogen functional groups attached to an aromatic ring is 1. The van der Waals surface area contributed by atoms with Crippen molar-refractivity contribution in [3.8, 4) is 0 Å². The van der Waals surface area contributed by atoms with E-state index < -0.39 is 5.97 Å². The molecule has 0 aliphatic carbocycles. The highest BCUT2D eigenvalue weighted by molar-refractivity contribution is 5.98. The van der Waals surface area contributed by atoms with E-state index in [-0.39, 0.29) is 11.4 Å². The molecule has 2 aliphatic rings. The highest BCUT2D eigenvalue weighted by Gasteiger charge is 2.52. The molecule has 146 valence electrons. The third-order valence-electron chi connectivity index (χ3n) is 5.57. The number of ether oxygens (including phenoxy) is 2. The molecule has 0 radical (unpaired) electrons. The van der Waals surface area contributed by atoms with Gasteiger partial charge in [-0.1, -0.05) is 12.1 Å². The predicted molar refractivity (Wildman–Crippen MR) is 107 cm³/mol. The monoisotopic (exact) mass is 381 g/mol. The maximum Gasteiger partial charge on any atom is 0.340 e. The van der Waals surface area contributed by atoms with Gasteiger partial charge in [-0.05, 0) is 30.3 Å². The maximum absolute atomic E-state index is 11.8. The zero-order valence-electron chi connectivity index (χ0n) is 16.0. The zero-order chi connectivity index (χ0) is 19.9. The fourth-order valence-electron chi connectivity index (χ4n) is 4.14.